The Morgan fingerprint density at radius 2 is 2.33 bits per heavy atom. The topological polar surface area (TPSA) is 33.2 Å². The van der Waals surface area contributed by atoms with Crippen LogP contribution in [0.4, 0.5) is 0 Å². The fourth-order valence-electron chi connectivity index (χ4n) is 3.55. The van der Waals surface area contributed by atoms with E-state index in [4.69, 9.17) is 28.6 Å². The van der Waals surface area contributed by atoms with Gasteiger partial charge in [0.15, 0.2) is 4.77 Å². The summed E-state index contributed by atoms with van der Waals surface area (Å²) >= 11 is 11.8. The standard InChI is InChI=1S/C15H18ClN3OS/c16-12-4-1-5-13-14(12)19(15(21)17-13)8-11-7-18-6-2-3-10(18)9-20-11/h1,4-5,10-11H,2-3,6-9H2,(H,17,21). The molecule has 0 spiro atoms. The molecule has 0 radical (unpaired) electrons. The highest BCUT2D eigenvalue weighted by Crippen LogP contribution is 2.26. The smallest absolute Gasteiger partial charge is 0.178 e. The van der Waals surface area contributed by atoms with E-state index in [1.54, 1.807) is 0 Å². The summed E-state index contributed by atoms with van der Waals surface area (Å²) in [5, 5.41) is 0.731. The summed E-state index contributed by atoms with van der Waals surface area (Å²) in [7, 11) is 0. The Kier molecular flexibility index (Phi) is 3.53. The molecule has 0 aliphatic carbocycles. The Hall–Kier alpha value is -0.880. The van der Waals surface area contributed by atoms with Crippen molar-refractivity contribution in [1.82, 2.24) is 14.5 Å². The summed E-state index contributed by atoms with van der Waals surface area (Å²) in [5.41, 5.74) is 1.97. The number of nitrogens with one attached hydrogen (secondary N) is 1. The van der Waals surface area contributed by atoms with Crippen LogP contribution in [0.5, 0.6) is 0 Å². The third kappa shape index (κ3) is 2.42. The van der Waals surface area contributed by atoms with Gasteiger partial charge in [-0.15, -0.1) is 0 Å². The van der Waals surface area contributed by atoms with Crippen LogP contribution in [-0.4, -0.2) is 46.3 Å². The monoisotopic (exact) mass is 323 g/mol. The van der Waals surface area contributed by atoms with Gasteiger partial charge in [-0.25, -0.2) is 0 Å². The van der Waals surface area contributed by atoms with Gasteiger partial charge in [-0.2, -0.15) is 0 Å². The third-order valence-electron chi connectivity index (χ3n) is 4.59. The zero-order valence-electron chi connectivity index (χ0n) is 11.7. The number of hydrogen-bond donors (Lipinski definition) is 1. The molecular formula is C15H18ClN3OS. The van der Waals surface area contributed by atoms with E-state index in [-0.39, 0.29) is 6.10 Å². The molecule has 2 aliphatic rings. The van der Waals surface area contributed by atoms with Crippen molar-refractivity contribution < 1.29 is 4.74 Å². The molecule has 4 nitrogen and oxygen atoms in total. The van der Waals surface area contributed by atoms with E-state index in [0.717, 1.165) is 35.8 Å². The third-order valence-corrected chi connectivity index (χ3v) is 5.22. The lowest BCUT2D eigenvalue weighted by Gasteiger charge is -2.35. The molecule has 2 aliphatic heterocycles. The number of aromatic nitrogens is 2. The van der Waals surface area contributed by atoms with E-state index in [1.165, 1.54) is 19.4 Å². The lowest BCUT2D eigenvalue weighted by Crippen LogP contribution is -2.47. The quantitative estimate of drug-likeness (QED) is 0.861. The van der Waals surface area contributed by atoms with Crippen molar-refractivity contribution in [3.05, 3.63) is 28.0 Å². The SMILES string of the molecule is S=c1[nH]c2cccc(Cl)c2n1CC1CN2CCCC2CO1. The minimum Gasteiger partial charge on any atom is -0.373 e. The zero-order chi connectivity index (χ0) is 14.4. The number of fused-ring (bicyclic) bond motifs is 2. The van der Waals surface area contributed by atoms with Gasteiger partial charge in [-0.1, -0.05) is 17.7 Å². The van der Waals surface area contributed by atoms with Gasteiger partial charge in [-0.05, 0) is 43.7 Å². The molecule has 0 amide bonds. The van der Waals surface area contributed by atoms with Crippen LogP contribution in [0, 0.1) is 4.77 Å². The predicted molar refractivity (Wildman–Crippen MR) is 86.5 cm³/mol. The van der Waals surface area contributed by atoms with Crippen molar-refractivity contribution in [2.75, 3.05) is 19.7 Å². The molecule has 2 unspecified atom stereocenters. The van der Waals surface area contributed by atoms with Crippen molar-refractivity contribution in [2.45, 2.75) is 31.5 Å². The lowest BCUT2D eigenvalue weighted by atomic mass is 10.2. The van der Waals surface area contributed by atoms with Crippen molar-refractivity contribution >= 4 is 34.9 Å². The highest BCUT2D eigenvalue weighted by Gasteiger charge is 2.32. The predicted octanol–water partition coefficient (Wildman–Crippen LogP) is 3.22. The average molecular weight is 324 g/mol. The normalized spacial score (nSPS) is 26.3. The van der Waals surface area contributed by atoms with Gasteiger partial charge in [0.05, 0.1) is 35.3 Å². The number of para-hydroxylation sites is 1. The first-order valence-corrected chi connectivity index (χ1v) is 8.23. The van der Waals surface area contributed by atoms with E-state index >= 15 is 0 Å². The van der Waals surface area contributed by atoms with Gasteiger partial charge in [-0.3, -0.25) is 4.90 Å². The van der Waals surface area contributed by atoms with Crippen molar-refractivity contribution in [1.29, 1.82) is 0 Å². The maximum atomic E-state index is 6.34. The second-order valence-electron chi connectivity index (χ2n) is 5.92. The Balaban J connectivity index is 1.62. The first-order chi connectivity index (χ1) is 10.2. The van der Waals surface area contributed by atoms with Crippen molar-refractivity contribution in [3.8, 4) is 0 Å². The van der Waals surface area contributed by atoms with E-state index in [9.17, 15) is 0 Å². The molecule has 2 atom stereocenters. The lowest BCUT2D eigenvalue weighted by molar-refractivity contribution is -0.0548. The fourth-order valence-corrected chi connectivity index (χ4v) is 4.10. The second-order valence-corrected chi connectivity index (χ2v) is 6.72. The molecule has 112 valence electrons. The molecule has 6 heteroatoms. The molecule has 3 heterocycles. The maximum Gasteiger partial charge on any atom is 0.178 e. The second kappa shape index (κ2) is 5.39. The molecule has 1 N–H and O–H groups in total. The zero-order valence-corrected chi connectivity index (χ0v) is 13.3. The molecule has 2 fully saturated rings. The number of ether oxygens (including phenoxy) is 1. The summed E-state index contributed by atoms with van der Waals surface area (Å²) < 4.78 is 8.83. The first kappa shape index (κ1) is 13.8. The molecule has 0 bridgehead atoms. The molecule has 21 heavy (non-hydrogen) atoms. The van der Waals surface area contributed by atoms with E-state index in [2.05, 4.69) is 14.5 Å². The van der Waals surface area contributed by atoms with Crippen LogP contribution in [0.15, 0.2) is 18.2 Å². The average Bonchev–Trinajstić information content (AvgIpc) is 3.04. The van der Waals surface area contributed by atoms with Crippen molar-refractivity contribution in [2.24, 2.45) is 0 Å². The molecule has 4 rings (SSSR count). The number of halogens is 1. The van der Waals surface area contributed by atoms with E-state index in [0.29, 0.717) is 10.8 Å². The number of imidazole rings is 1. The van der Waals surface area contributed by atoms with E-state index < -0.39 is 0 Å². The van der Waals surface area contributed by atoms with Crippen LogP contribution in [0.2, 0.25) is 5.02 Å². The largest absolute Gasteiger partial charge is 0.373 e. The highest BCUT2D eigenvalue weighted by atomic mass is 35.5. The summed E-state index contributed by atoms with van der Waals surface area (Å²) in [4.78, 5) is 5.78. The number of nitrogens with zero attached hydrogens (tertiary/aromatic N) is 2. The molecule has 1 aromatic heterocycles. The fraction of sp³-hybridized carbons (Fsp3) is 0.533. The van der Waals surface area contributed by atoms with E-state index in [1.807, 2.05) is 18.2 Å². The minimum atomic E-state index is 0.182. The summed E-state index contributed by atoms with van der Waals surface area (Å²) in [6, 6.07) is 6.47. The molecular weight excluding hydrogens is 306 g/mol. The van der Waals surface area contributed by atoms with Gasteiger partial charge >= 0.3 is 0 Å². The Bertz CT molecular complexity index is 725. The molecule has 2 saturated heterocycles. The highest BCUT2D eigenvalue weighted by molar-refractivity contribution is 7.71. The molecule has 1 aromatic carbocycles. The van der Waals surface area contributed by atoms with Crippen LogP contribution in [0.3, 0.4) is 0 Å². The van der Waals surface area contributed by atoms with Crippen LogP contribution < -0.4 is 0 Å². The number of rotatable bonds is 2. The Labute approximate surface area is 133 Å². The minimum absolute atomic E-state index is 0.182. The number of hydrogen-bond acceptors (Lipinski definition) is 3. The van der Waals surface area contributed by atoms with Gasteiger partial charge < -0.3 is 14.3 Å². The van der Waals surface area contributed by atoms with Crippen LogP contribution in [-0.2, 0) is 11.3 Å². The summed E-state index contributed by atoms with van der Waals surface area (Å²) in [6.07, 6.45) is 2.74. The Morgan fingerprint density at radius 1 is 1.43 bits per heavy atom. The van der Waals surface area contributed by atoms with Gasteiger partial charge in [0.25, 0.3) is 0 Å². The number of benzene rings is 1. The number of morpholine rings is 1. The van der Waals surface area contributed by atoms with Crippen LogP contribution >= 0.6 is 23.8 Å². The first-order valence-electron chi connectivity index (χ1n) is 7.45. The summed E-state index contributed by atoms with van der Waals surface area (Å²) in [5.74, 6) is 0. The van der Waals surface area contributed by atoms with Gasteiger partial charge in [0.1, 0.15) is 0 Å². The molecule has 0 saturated carbocycles. The van der Waals surface area contributed by atoms with Crippen molar-refractivity contribution in [3.63, 3.8) is 0 Å². The van der Waals surface area contributed by atoms with Crippen LogP contribution in [0.25, 0.3) is 11.0 Å². The maximum absolute atomic E-state index is 6.34. The Morgan fingerprint density at radius 3 is 3.24 bits per heavy atom. The van der Waals surface area contributed by atoms with Gasteiger partial charge in [0.2, 0.25) is 0 Å². The van der Waals surface area contributed by atoms with Crippen LogP contribution in [0.1, 0.15) is 12.8 Å². The molecule has 2 aromatic rings. The number of H-pyrrole nitrogens is 1. The summed E-state index contributed by atoms with van der Waals surface area (Å²) in [6.45, 7) is 3.79. The van der Waals surface area contributed by atoms with Gasteiger partial charge in [0, 0.05) is 12.6 Å². The number of aromatic amines is 1.